The number of benzene rings is 1. The molecule has 0 saturated carbocycles. The average Bonchev–Trinajstić information content (AvgIpc) is 2.87. The van der Waals surface area contributed by atoms with E-state index in [9.17, 15) is 13.6 Å². The first-order chi connectivity index (χ1) is 9.47. The molecule has 1 aliphatic rings. The Kier molecular flexibility index (Phi) is 6.93. The van der Waals surface area contributed by atoms with Crippen molar-refractivity contribution in [1.29, 1.82) is 0 Å². The van der Waals surface area contributed by atoms with E-state index in [1.165, 1.54) is 12.1 Å². The summed E-state index contributed by atoms with van der Waals surface area (Å²) in [5.41, 5.74) is 0.346. The Labute approximate surface area is 136 Å². The molecule has 9 heteroatoms. The molecule has 1 heterocycles. The number of alkyl halides is 2. The Hall–Kier alpha value is -0.820. The van der Waals surface area contributed by atoms with Crippen LogP contribution in [0.25, 0.3) is 0 Å². The van der Waals surface area contributed by atoms with Crippen LogP contribution in [0.3, 0.4) is 0 Å². The standard InChI is InChI=1S/C12H12Cl2F2N2O2.ClH/c13-8-3-7(4-9(14)10(8)20-12(15)16)18-11(19)6-1-2-17-5-6;/h3-4,6,12,17H,1-2,5H2,(H,18,19);1H. The summed E-state index contributed by atoms with van der Waals surface area (Å²) in [6.07, 6.45) is 0.750. The summed E-state index contributed by atoms with van der Waals surface area (Å²) in [6.45, 7) is -1.62. The molecule has 21 heavy (non-hydrogen) atoms. The molecular weight excluding hydrogens is 348 g/mol. The van der Waals surface area contributed by atoms with Gasteiger partial charge in [-0.25, -0.2) is 0 Å². The zero-order valence-corrected chi connectivity index (χ0v) is 13.0. The SMILES string of the molecule is Cl.O=C(Nc1cc(Cl)c(OC(F)F)c(Cl)c1)C1CCNC1. The zero-order chi connectivity index (χ0) is 14.7. The highest BCUT2D eigenvalue weighted by Crippen LogP contribution is 2.37. The second-order valence-electron chi connectivity index (χ2n) is 4.33. The minimum Gasteiger partial charge on any atom is -0.432 e. The molecule has 2 N–H and O–H groups in total. The van der Waals surface area contributed by atoms with Gasteiger partial charge in [0.2, 0.25) is 5.91 Å². The lowest BCUT2D eigenvalue weighted by Crippen LogP contribution is -2.24. The molecule has 1 amide bonds. The monoisotopic (exact) mass is 360 g/mol. The van der Waals surface area contributed by atoms with Gasteiger partial charge >= 0.3 is 6.61 Å². The van der Waals surface area contributed by atoms with E-state index in [4.69, 9.17) is 23.2 Å². The van der Waals surface area contributed by atoms with Crippen LogP contribution in [0.1, 0.15) is 6.42 Å². The van der Waals surface area contributed by atoms with Gasteiger partial charge in [0.25, 0.3) is 0 Å². The molecule has 1 fully saturated rings. The number of carbonyl (C=O) groups excluding carboxylic acids is 1. The summed E-state index contributed by atoms with van der Waals surface area (Å²) in [5.74, 6) is -0.585. The molecule has 0 aromatic heterocycles. The number of nitrogens with one attached hydrogen (secondary N) is 2. The largest absolute Gasteiger partial charge is 0.432 e. The van der Waals surface area contributed by atoms with E-state index >= 15 is 0 Å². The van der Waals surface area contributed by atoms with Crippen molar-refractivity contribution < 1.29 is 18.3 Å². The third kappa shape index (κ3) is 4.85. The van der Waals surface area contributed by atoms with Crippen LogP contribution in [0.15, 0.2) is 12.1 Å². The summed E-state index contributed by atoms with van der Waals surface area (Å²) < 4.78 is 28.6. The lowest BCUT2D eigenvalue weighted by molar-refractivity contribution is -0.119. The zero-order valence-electron chi connectivity index (χ0n) is 10.7. The number of rotatable bonds is 4. The third-order valence-corrected chi connectivity index (χ3v) is 3.47. The normalized spacial score (nSPS) is 17.5. The predicted octanol–water partition coefficient (Wildman–Crippen LogP) is 3.56. The van der Waals surface area contributed by atoms with Gasteiger partial charge in [-0.3, -0.25) is 4.79 Å². The molecule has 4 nitrogen and oxygen atoms in total. The predicted molar refractivity (Wildman–Crippen MR) is 79.9 cm³/mol. The number of hydrogen-bond donors (Lipinski definition) is 2. The molecule has 0 aliphatic carbocycles. The minimum atomic E-state index is -3.02. The molecule has 1 saturated heterocycles. The molecule has 1 aliphatic heterocycles. The summed E-state index contributed by atoms with van der Waals surface area (Å²) in [4.78, 5) is 11.9. The molecule has 0 radical (unpaired) electrons. The van der Waals surface area contributed by atoms with Gasteiger partial charge in [-0.05, 0) is 25.1 Å². The third-order valence-electron chi connectivity index (χ3n) is 2.90. The van der Waals surface area contributed by atoms with E-state index in [0.29, 0.717) is 12.2 Å². The lowest BCUT2D eigenvalue weighted by Gasteiger charge is -2.13. The summed E-state index contributed by atoms with van der Waals surface area (Å²) in [7, 11) is 0. The number of ether oxygens (including phenoxy) is 1. The first-order valence-electron chi connectivity index (χ1n) is 5.93. The molecule has 1 atom stereocenters. The quantitative estimate of drug-likeness (QED) is 0.862. The highest BCUT2D eigenvalue weighted by molar-refractivity contribution is 6.37. The maximum atomic E-state index is 12.2. The molecule has 0 bridgehead atoms. The van der Waals surface area contributed by atoms with E-state index in [-0.39, 0.29) is 40.0 Å². The van der Waals surface area contributed by atoms with E-state index in [0.717, 1.165) is 13.0 Å². The first-order valence-corrected chi connectivity index (χ1v) is 6.68. The Morgan fingerprint density at radius 1 is 1.38 bits per heavy atom. The molecule has 118 valence electrons. The maximum Gasteiger partial charge on any atom is 0.387 e. The van der Waals surface area contributed by atoms with Gasteiger partial charge in [-0.2, -0.15) is 8.78 Å². The first kappa shape index (κ1) is 18.2. The van der Waals surface area contributed by atoms with E-state index in [1.807, 2.05) is 0 Å². The van der Waals surface area contributed by atoms with Gasteiger partial charge in [-0.1, -0.05) is 23.2 Å². The summed E-state index contributed by atoms with van der Waals surface area (Å²) in [5, 5.41) is 5.56. The lowest BCUT2D eigenvalue weighted by atomic mass is 10.1. The van der Waals surface area contributed by atoms with Crippen LogP contribution in [0, 0.1) is 5.92 Å². The smallest absolute Gasteiger partial charge is 0.387 e. The Balaban J connectivity index is 0.00000220. The van der Waals surface area contributed by atoms with Crippen molar-refractivity contribution in [2.75, 3.05) is 18.4 Å². The van der Waals surface area contributed by atoms with Crippen LogP contribution in [0.2, 0.25) is 10.0 Å². The van der Waals surface area contributed by atoms with Crippen LogP contribution < -0.4 is 15.4 Å². The van der Waals surface area contributed by atoms with Crippen molar-refractivity contribution in [3.63, 3.8) is 0 Å². The fraction of sp³-hybridized carbons (Fsp3) is 0.417. The van der Waals surface area contributed by atoms with Crippen LogP contribution in [-0.4, -0.2) is 25.6 Å². The van der Waals surface area contributed by atoms with Crippen molar-refractivity contribution in [2.45, 2.75) is 13.0 Å². The number of carbonyl (C=O) groups is 1. The van der Waals surface area contributed by atoms with Crippen molar-refractivity contribution in [3.05, 3.63) is 22.2 Å². The van der Waals surface area contributed by atoms with Crippen LogP contribution in [0.4, 0.5) is 14.5 Å². The van der Waals surface area contributed by atoms with Crippen LogP contribution in [0.5, 0.6) is 5.75 Å². The maximum absolute atomic E-state index is 12.2. The van der Waals surface area contributed by atoms with Gasteiger partial charge in [0, 0.05) is 12.2 Å². The summed E-state index contributed by atoms with van der Waals surface area (Å²) in [6, 6.07) is 2.65. The molecule has 1 unspecified atom stereocenters. The highest BCUT2D eigenvalue weighted by Gasteiger charge is 2.23. The minimum absolute atomic E-state index is 0. The van der Waals surface area contributed by atoms with Gasteiger partial charge < -0.3 is 15.4 Å². The molecule has 0 spiro atoms. The van der Waals surface area contributed by atoms with E-state index < -0.39 is 6.61 Å². The number of anilines is 1. The highest BCUT2D eigenvalue weighted by atomic mass is 35.5. The van der Waals surface area contributed by atoms with E-state index in [2.05, 4.69) is 15.4 Å². The number of halogens is 5. The Morgan fingerprint density at radius 3 is 2.48 bits per heavy atom. The Morgan fingerprint density at radius 2 is 2.00 bits per heavy atom. The van der Waals surface area contributed by atoms with Crippen LogP contribution >= 0.6 is 35.6 Å². The molecule has 1 aromatic rings. The average molecular weight is 362 g/mol. The number of hydrogen-bond acceptors (Lipinski definition) is 3. The van der Waals surface area contributed by atoms with Crippen LogP contribution in [-0.2, 0) is 4.79 Å². The van der Waals surface area contributed by atoms with Crippen molar-refractivity contribution in [1.82, 2.24) is 5.32 Å². The molecular formula is C12H13Cl3F2N2O2. The fourth-order valence-corrected chi connectivity index (χ4v) is 2.53. The molecule has 1 aromatic carbocycles. The van der Waals surface area contributed by atoms with Crippen molar-refractivity contribution in [3.8, 4) is 5.75 Å². The van der Waals surface area contributed by atoms with Crippen molar-refractivity contribution in [2.24, 2.45) is 5.92 Å². The number of amides is 1. The topological polar surface area (TPSA) is 50.4 Å². The van der Waals surface area contributed by atoms with E-state index in [1.54, 1.807) is 0 Å². The van der Waals surface area contributed by atoms with Gasteiger partial charge in [0.15, 0.2) is 5.75 Å². The molecule has 2 rings (SSSR count). The second-order valence-corrected chi connectivity index (χ2v) is 5.14. The fourth-order valence-electron chi connectivity index (χ4n) is 1.96. The second kappa shape index (κ2) is 7.98. The van der Waals surface area contributed by atoms with Crippen molar-refractivity contribution >= 4 is 47.2 Å². The Bertz CT molecular complexity index is 488. The summed E-state index contributed by atoms with van der Waals surface area (Å²) >= 11 is 11.6. The van der Waals surface area contributed by atoms with Gasteiger partial charge in [0.1, 0.15) is 0 Å². The van der Waals surface area contributed by atoms with Gasteiger partial charge in [-0.15, -0.1) is 12.4 Å². The van der Waals surface area contributed by atoms with Gasteiger partial charge in [0.05, 0.1) is 16.0 Å².